The molecule has 2 atom stereocenters. The Hall–Kier alpha value is -2.74. The molecular formula is C23H24ClFN6O. The van der Waals surface area contributed by atoms with E-state index >= 15 is 0 Å². The van der Waals surface area contributed by atoms with Gasteiger partial charge < -0.3 is 5.32 Å². The molecule has 0 aliphatic heterocycles. The zero-order valence-electron chi connectivity index (χ0n) is 17.5. The van der Waals surface area contributed by atoms with Crippen LogP contribution < -0.4 is 5.32 Å². The number of carbonyl (C=O) groups excluding carboxylic acids is 1. The maximum atomic E-state index is 13.6. The van der Waals surface area contributed by atoms with Crippen LogP contribution in [-0.2, 0) is 16.9 Å². The number of halogens is 2. The minimum atomic E-state index is -0.413. The molecule has 4 fully saturated rings. The van der Waals surface area contributed by atoms with Crippen molar-refractivity contribution in [3.05, 3.63) is 59.5 Å². The number of carbonyl (C=O) groups is 1. The average molecular weight is 455 g/mol. The molecule has 4 bridgehead atoms. The molecule has 4 aliphatic carbocycles. The van der Waals surface area contributed by atoms with Gasteiger partial charge in [-0.25, -0.2) is 14.1 Å². The number of rotatable bonds is 5. The van der Waals surface area contributed by atoms with Gasteiger partial charge in [0.25, 0.3) is 0 Å². The van der Waals surface area contributed by atoms with Crippen LogP contribution in [0.4, 0.5) is 10.2 Å². The molecule has 2 heterocycles. The highest BCUT2D eigenvalue weighted by molar-refractivity contribution is 6.28. The summed E-state index contributed by atoms with van der Waals surface area (Å²) in [6.07, 6.45) is 9.39. The second-order valence-electron chi connectivity index (χ2n) is 9.90. The van der Waals surface area contributed by atoms with Crippen molar-refractivity contribution in [1.29, 1.82) is 0 Å². The van der Waals surface area contributed by atoms with Crippen LogP contribution in [-0.4, -0.2) is 30.5 Å². The monoisotopic (exact) mass is 454 g/mol. The van der Waals surface area contributed by atoms with Crippen molar-refractivity contribution in [2.75, 3.05) is 5.32 Å². The summed E-state index contributed by atoms with van der Waals surface area (Å²) < 4.78 is 16.8. The maximum Gasteiger partial charge on any atom is 0.242 e. The van der Waals surface area contributed by atoms with Gasteiger partial charge in [0.1, 0.15) is 12.1 Å². The van der Waals surface area contributed by atoms with Crippen LogP contribution in [0.15, 0.2) is 42.9 Å². The van der Waals surface area contributed by atoms with Crippen molar-refractivity contribution >= 4 is 23.3 Å². The topological polar surface area (TPSA) is 77.6 Å². The molecule has 0 saturated heterocycles. The number of aromatic nitrogens is 5. The van der Waals surface area contributed by atoms with Crippen molar-refractivity contribution in [3.63, 3.8) is 0 Å². The SMILES string of the molecule is O=C(Nc1ccn(Cc2ccc(F)cc2)n1)C12CC3CC(C1)CC(n1cnc(Cl)n1)(C3)C2. The van der Waals surface area contributed by atoms with E-state index in [9.17, 15) is 9.18 Å². The molecule has 2 unspecified atom stereocenters. The molecular weight excluding hydrogens is 431 g/mol. The first kappa shape index (κ1) is 19.9. The third kappa shape index (κ3) is 3.32. The Morgan fingerprint density at radius 1 is 1.12 bits per heavy atom. The van der Waals surface area contributed by atoms with Gasteiger partial charge in [0.05, 0.1) is 17.5 Å². The number of anilines is 1. The van der Waals surface area contributed by atoms with Gasteiger partial charge in [0.2, 0.25) is 11.2 Å². The fraction of sp³-hybridized carbons (Fsp3) is 0.478. The number of amides is 1. The fourth-order valence-electron chi connectivity index (χ4n) is 6.76. The highest BCUT2D eigenvalue weighted by Crippen LogP contribution is 2.64. The van der Waals surface area contributed by atoms with Crippen molar-refractivity contribution in [2.24, 2.45) is 17.3 Å². The molecule has 1 amide bonds. The Morgan fingerprint density at radius 3 is 2.56 bits per heavy atom. The third-order valence-electron chi connectivity index (χ3n) is 7.60. The molecule has 0 spiro atoms. The predicted octanol–water partition coefficient (Wildman–Crippen LogP) is 4.25. The highest BCUT2D eigenvalue weighted by atomic mass is 35.5. The van der Waals surface area contributed by atoms with E-state index < -0.39 is 5.41 Å². The van der Waals surface area contributed by atoms with Crippen LogP contribution in [0.1, 0.15) is 44.1 Å². The molecule has 4 saturated carbocycles. The Balaban J connectivity index is 1.21. The minimum Gasteiger partial charge on any atom is -0.309 e. The summed E-state index contributed by atoms with van der Waals surface area (Å²) >= 11 is 6.02. The molecule has 4 aliphatic rings. The fourth-order valence-corrected chi connectivity index (χ4v) is 6.89. The van der Waals surface area contributed by atoms with Gasteiger partial charge in [-0.3, -0.25) is 9.48 Å². The van der Waals surface area contributed by atoms with Crippen LogP contribution >= 0.6 is 11.6 Å². The van der Waals surface area contributed by atoms with Crippen molar-refractivity contribution in [1.82, 2.24) is 24.5 Å². The van der Waals surface area contributed by atoms with Crippen LogP contribution in [0, 0.1) is 23.1 Å². The largest absolute Gasteiger partial charge is 0.309 e. The summed E-state index contributed by atoms with van der Waals surface area (Å²) in [5.74, 6) is 1.37. The molecule has 32 heavy (non-hydrogen) atoms. The lowest BCUT2D eigenvalue weighted by Crippen LogP contribution is -2.60. The van der Waals surface area contributed by atoms with E-state index in [4.69, 9.17) is 11.6 Å². The summed E-state index contributed by atoms with van der Waals surface area (Å²) in [4.78, 5) is 17.7. The van der Waals surface area contributed by atoms with E-state index in [0.717, 1.165) is 37.7 Å². The van der Waals surface area contributed by atoms with E-state index in [1.165, 1.54) is 18.6 Å². The summed E-state index contributed by atoms with van der Waals surface area (Å²) in [5.41, 5.74) is 0.356. The predicted molar refractivity (Wildman–Crippen MR) is 116 cm³/mol. The maximum absolute atomic E-state index is 13.6. The lowest BCUT2D eigenvalue weighted by Gasteiger charge is -2.60. The van der Waals surface area contributed by atoms with Gasteiger partial charge in [-0.15, -0.1) is 5.10 Å². The zero-order valence-corrected chi connectivity index (χ0v) is 18.3. The summed E-state index contributed by atoms with van der Waals surface area (Å²) in [6.45, 7) is 0.515. The zero-order chi connectivity index (χ0) is 21.9. The van der Waals surface area contributed by atoms with Crippen LogP contribution in [0.2, 0.25) is 5.28 Å². The number of nitrogens with zero attached hydrogens (tertiary/aromatic N) is 5. The average Bonchev–Trinajstić information content (AvgIpc) is 3.38. The molecule has 7 nitrogen and oxygen atoms in total. The van der Waals surface area contributed by atoms with Crippen LogP contribution in [0.5, 0.6) is 0 Å². The smallest absolute Gasteiger partial charge is 0.242 e. The van der Waals surface area contributed by atoms with Gasteiger partial charge >= 0.3 is 0 Å². The van der Waals surface area contributed by atoms with E-state index in [2.05, 4.69) is 20.5 Å². The first-order valence-electron chi connectivity index (χ1n) is 11.1. The van der Waals surface area contributed by atoms with Crippen LogP contribution in [0.3, 0.4) is 0 Å². The molecule has 1 N–H and O–H groups in total. The Bertz CT molecular complexity index is 1160. The van der Waals surface area contributed by atoms with Gasteiger partial charge in [-0.2, -0.15) is 5.10 Å². The molecule has 3 aromatic rings. The Labute approximate surface area is 190 Å². The Morgan fingerprint density at radius 2 is 1.88 bits per heavy atom. The standard InChI is InChI=1S/C23H24ClFN6O/c24-21-26-14-31(29-21)23-10-16-7-17(11-23)9-22(8-16,13-23)20(32)27-19-5-6-30(28-19)12-15-1-3-18(25)4-2-15/h1-6,14,16-17H,7-13H2,(H,27,28,32). The molecule has 9 heteroatoms. The van der Waals surface area contributed by atoms with Crippen molar-refractivity contribution < 1.29 is 9.18 Å². The number of hydrogen-bond acceptors (Lipinski definition) is 4. The second kappa shape index (κ2) is 7.13. The number of nitrogens with one attached hydrogen (secondary N) is 1. The van der Waals surface area contributed by atoms with E-state index in [1.54, 1.807) is 23.1 Å². The first-order valence-corrected chi connectivity index (χ1v) is 11.5. The Kier molecular flexibility index (Phi) is 4.44. The second-order valence-corrected chi connectivity index (χ2v) is 10.2. The molecule has 166 valence electrons. The van der Waals surface area contributed by atoms with Gasteiger partial charge in [-0.05, 0) is 79.7 Å². The van der Waals surface area contributed by atoms with E-state index in [-0.39, 0.29) is 22.5 Å². The van der Waals surface area contributed by atoms with Gasteiger partial charge in [0.15, 0.2) is 5.82 Å². The molecule has 1 aromatic carbocycles. The lowest BCUT2D eigenvalue weighted by molar-refractivity contribution is -0.150. The van der Waals surface area contributed by atoms with Gasteiger partial charge in [-0.1, -0.05) is 12.1 Å². The van der Waals surface area contributed by atoms with E-state index in [0.29, 0.717) is 24.2 Å². The summed E-state index contributed by atoms with van der Waals surface area (Å²) in [5, 5.41) is 12.3. The normalized spacial score (nSPS) is 30.6. The van der Waals surface area contributed by atoms with E-state index in [1.807, 2.05) is 16.9 Å². The number of benzene rings is 1. The molecule has 2 aromatic heterocycles. The molecule has 0 radical (unpaired) electrons. The minimum absolute atomic E-state index is 0.0502. The van der Waals surface area contributed by atoms with Crippen molar-refractivity contribution in [2.45, 2.75) is 50.6 Å². The summed E-state index contributed by atoms with van der Waals surface area (Å²) in [7, 11) is 0. The first-order chi connectivity index (χ1) is 15.4. The lowest BCUT2D eigenvalue weighted by atomic mass is 9.46. The summed E-state index contributed by atoms with van der Waals surface area (Å²) in [6, 6.07) is 8.16. The number of hydrogen-bond donors (Lipinski definition) is 1. The third-order valence-corrected chi connectivity index (χ3v) is 7.78. The van der Waals surface area contributed by atoms with Crippen LogP contribution in [0.25, 0.3) is 0 Å². The van der Waals surface area contributed by atoms with Gasteiger partial charge in [0, 0.05) is 12.3 Å². The highest BCUT2D eigenvalue weighted by Gasteiger charge is 2.61. The molecule has 7 rings (SSSR count). The van der Waals surface area contributed by atoms with Crippen molar-refractivity contribution in [3.8, 4) is 0 Å². The quantitative estimate of drug-likeness (QED) is 0.625.